The van der Waals surface area contributed by atoms with Gasteiger partial charge in [-0.2, -0.15) is 4.31 Å². The summed E-state index contributed by atoms with van der Waals surface area (Å²) < 4.78 is 32.0. The van der Waals surface area contributed by atoms with Crippen LogP contribution in [0.5, 0.6) is 5.75 Å². The number of sulfonamides is 1. The third kappa shape index (κ3) is 5.34. The van der Waals surface area contributed by atoms with Crippen LogP contribution < -0.4 is 15.4 Å². The van der Waals surface area contributed by atoms with Crippen LogP contribution in [0.3, 0.4) is 0 Å². The van der Waals surface area contributed by atoms with Gasteiger partial charge in [-0.25, -0.2) is 8.42 Å². The van der Waals surface area contributed by atoms with E-state index in [2.05, 4.69) is 10.6 Å². The molecule has 0 aliphatic carbocycles. The maximum atomic E-state index is 12.7. The number of rotatable bonds is 6. The van der Waals surface area contributed by atoms with E-state index in [0.717, 1.165) is 19.4 Å². The molecule has 2 heterocycles. The van der Waals surface area contributed by atoms with Gasteiger partial charge in [0.2, 0.25) is 15.9 Å². The highest BCUT2D eigenvalue weighted by molar-refractivity contribution is 7.89. The molecule has 1 atom stereocenters. The summed E-state index contributed by atoms with van der Waals surface area (Å²) in [5, 5.41) is 6.37. The summed E-state index contributed by atoms with van der Waals surface area (Å²) >= 11 is 0. The van der Waals surface area contributed by atoms with Gasteiger partial charge in [0.15, 0.2) is 0 Å². The Morgan fingerprint density at radius 2 is 1.89 bits per heavy atom. The molecule has 3 rings (SSSR count). The number of nitrogens with zero attached hydrogens (tertiary/aromatic N) is 1. The fraction of sp³-hybridized carbons (Fsp3) is 0.611. The zero-order valence-electron chi connectivity index (χ0n) is 15.5. The Labute approximate surface area is 167 Å². The highest BCUT2D eigenvalue weighted by atomic mass is 35.5. The van der Waals surface area contributed by atoms with Crippen LogP contribution in [-0.2, 0) is 14.8 Å². The number of carbonyl (C=O) groups excluding carboxylic acids is 1. The third-order valence-electron chi connectivity index (χ3n) is 5.21. The summed E-state index contributed by atoms with van der Waals surface area (Å²) in [6, 6.07) is 6.77. The first-order valence-corrected chi connectivity index (χ1v) is 10.6. The second-order valence-electron chi connectivity index (χ2n) is 6.89. The quantitative estimate of drug-likeness (QED) is 0.730. The van der Waals surface area contributed by atoms with Crippen LogP contribution in [0.1, 0.15) is 25.7 Å². The van der Waals surface area contributed by atoms with Gasteiger partial charge in [-0.05, 0) is 56.5 Å². The minimum Gasteiger partial charge on any atom is -0.497 e. The molecule has 1 aromatic rings. The lowest BCUT2D eigenvalue weighted by Crippen LogP contribution is -2.45. The molecule has 1 aromatic carbocycles. The van der Waals surface area contributed by atoms with Crippen LogP contribution in [0.2, 0.25) is 0 Å². The van der Waals surface area contributed by atoms with Crippen molar-refractivity contribution in [1.29, 1.82) is 0 Å². The minimum absolute atomic E-state index is 0. The molecule has 1 unspecified atom stereocenters. The molecule has 0 aromatic heterocycles. The topological polar surface area (TPSA) is 87.7 Å². The molecule has 2 fully saturated rings. The second kappa shape index (κ2) is 9.73. The maximum absolute atomic E-state index is 12.7. The first-order valence-electron chi connectivity index (χ1n) is 9.16. The molecule has 9 heteroatoms. The van der Waals surface area contributed by atoms with E-state index in [1.807, 2.05) is 0 Å². The number of hydrogen-bond donors (Lipinski definition) is 2. The van der Waals surface area contributed by atoms with Gasteiger partial charge in [0.25, 0.3) is 0 Å². The van der Waals surface area contributed by atoms with Crippen LogP contribution in [0, 0.1) is 5.92 Å². The smallest absolute Gasteiger partial charge is 0.243 e. The Morgan fingerprint density at radius 1 is 1.22 bits per heavy atom. The molecular weight excluding hydrogens is 390 g/mol. The molecule has 152 valence electrons. The van der Waals surface area contributed by atoms with E-state index in [1.54, 1.807) is 31.4 Å². The van der Waals surface area contributed by atoms with Crippen molar-refractivity contribution in [2.45, 2.75) is 36.6 Å². The van der Waals surface area contributed by atoms with E-state index in [4.69, 9.17) is 4.74 Å². The first-order chi connectivity index (χ1) is 12.5. The molecular formula is C18H28ClN3O4S. The number of piperidine rings is 1. The van der Waals surface area contributed by atoms with Gasteiger partial charge in [0.1, 0.15) is 5.75 Å². The van der Waals surface area contributed by atoms with Gasteiger partial charge < -0.3 is 15.4 Å². The van der Waals surface area contributed by atoms with Gasteiger partial charge in [-0.1, -0.05) is 0 Å². The van der Waals surface area contributed by atoms with Crippen LogP contribution >= 0.6 is 12.4 Å². The van der Waals surface area contributed by atoms with E-state index in [-0.39, 0.29) is 29.1 Å². The van der Waals surface area contributed by atoms with Crippen LogP contribution in [-0.4, -0.2) is 58.0 Å². The van der Waals surface area contributed by atoms with Crippen molar-refractivity contribution in [2.24, 2.45) is 5.92 Å². The number of hydrogen-bond acceptors (Lipinski definition) is 5. The Kier molecular flexibility index (Phi) is 7.91. The summed E-state index contributed by atoms with van der Waals surface area (Å²) in [5.41, 5.74) is 0. The van der Waals surface area contributed by atoms with Gasteiger partial charge in [-0.15, -0.1) is 12.4 Å². The van der Waals surface area contributed by atoms with Crippen LogP contribution in [0.15, 0.2) is 29.2 Å². The number of amides is 1. The Morgan fingerprint density at radius 3 is 2.44 bits per heavy atom. The van der Waals surface area contributed by atoms with Gasteiger partial charge in [-0.3, -0.25) is 4.79 Å². The zero-order chi connectivity index (χ0) is 18.6. The standard InChI is InChI=1S/C18H27N3O4S.ClH/c1-25-16-4-6-17(7-5-16)26(23,24)21-11-8-14(9-12-21)18(22)20-13-15-3-2-10-19-15;/h4-7,14-15,19H,2-3,8-13H2,1H3,(H,20,22);1H. The summed E-state index contributed by atoms with van der Waals surface area (Å²) in [5.74, 6) is 0.551. The molecule has 0 saturated carbocycles. The third-order valence-corrected chi connectivity index (χ3v) is 7.12. The monoisotopic (exact) mass is 417 g/mol. The van der Waals surface area contributed by atoms with E-state index in [1.165, 1.54) is 4.31 Å². The van der Waals surface area contributed by atoms with Crippen molar-refractivity contribution in [1.82, 2.24) is 14.9 Å². The van der Waals surface area contributed by atoms with Crippen molar-refractivity contribution >= 4 is 28.3 Å². The average Bonchev–Trinajstić information content (AvgIpc) is 3.20. The van der Waals surface area contributed by atoms with Crippen molar-refractivity contribution in [3.05, 3.63) is 24.3 Å². The van der Waals surface area contributed by atoms with Crippen molar-refractivity contribution in [3.63, 3.8) is 0 Å². The molecule has 7 nitrogen and oxygen atoms in total. The van der Waals surface area contributed by atoms with Crippen LogP contribution in [0.25, 0.3) is 0 Å². The van der Waals surface area contributed by atoms with E-state index in [0.29, 0.717) is 44.3 Å². The van der Waals surface area contributed by atoms with Gasteiger partial charge in [0.05, 0.1) is 12.0 Å². The maximum Gasteiger partial charge on any atom is 0.243 e. The predicted octanol–water partition coefficient (Wildman–Crippen LogP) is 1.39. The molecule has 1 amide bonds. The number of carbonyl (C=O) groups is 1. The number of ether oxygens (including phenoxy) is 1. The average molecular weight is 418 g/mol. The lowest BCUT2D eigenvalue weighted by atomic mass is 9.97. The molecule has 0 bridgehead atoms. The number of halogens is 1. The highest BCUT2D eigenvalue weighted by Gasteiger charge is 2.32. The summed E-state index contributed by atoms with van der Waals surface area (Å²) in [6.07, 6.45) is 3.36. The molecule has 27 heavy (non-hydrogen) atoms. The minimum atomic E-state index is -3.53. The van der Waals surface area contributed by atoms with E-state index in [9.17, 15) is 13.2 Å². The van der Waals surface area contributed by atoms with Gasteiger partial charge >= 0.3 is 0 Å². The fourth-order valence-corrected chi connectivity index (χ4v) is 5.02. The lowest BCUT2D eigenvalue weighted by molar-refractivity contribution is -0.126. The largest absolute Gasteiger partial charge is 0.497 e. The second-order valence-corrected chi connectivity index (χ2v) is 8.83. The molecule has 2 aliphatic heterocycles. The Balaban J connectivity index is 0.00000261. The van der Waals surface area contributed by atoms with Crippen LogP contribution in [0.4, 0.5) is 0 Å². The lowest BCUT2D eigenvalue weighted by Gasteiger charge is -2.30. The number of methoxy groups -OCH3 is 1. The van der Waals surface area contributed by atoms with Crippen molar-refractivity contribution < 1.29 is 17.9 Å². The molecule has 2 aliphatic rings. The summed E-state index contributed by atoms with van der Waals surface area (Å²) in [7, 11) is -1.98. The Hall–Kier alpha value is -1.35. The van der Waals surface area contributed by atoms with E-state index < -0.39 is 10.0 Å². The predicted molar refractivity (Wildman–Crippen MR) is 106 cm³/mol. The summed E-state index contributed by atoms with van der Waals surface area (Å²) in [6.45, 7) is 2.41. The number of nitrogens with one attached hydrogen (secondary N) is 2. The molecule has 2 saturated heterocycles. The Bertz CT molecular complexity index is 713. The van der Waals surface area contributed by atoms with Gasteiger partial charge in [0, 0.05) is 31.6 Å². The van der Waals surface area contributed by atoms with Crippen molar-refractivity contribution in [3.8, 4) is 5.75 Å². The SMILES string of the molecule is COc1ccc(S(=O)(=O)N2CCC(C(=O)NCC3CCCN3)CC2)cc1.Cl. The van der Waals surface area contributed by atoms with Crippen molar-refractivity contribution in [2.75, 3.05) is 33.3 Å². The summed E-state index contributed by atoms with van der Waals surface area (Å²) in [4.78, 5) is 12.6. The highest BCUT2D eigenvalue weighted by Crippen LogP contribution is 2.25. The zero-order valence-corrected chi connectivity index (χ0v) is 17.2. The molecule has 0 radical (unpaired) electrons. The van der Waals surface area contributed by atoms with E-state index >= 15 is 0 Å². The molecule has 0 spiro atoms. The fourth-order valence-electron chi connectivity index (χ4n) is 3.55. The first kappa shape index (κ1) is 21.9. The number of benzene rings is 1. The molecule has 2 N–H and O–H groups in total. The normalized spacial score (nSPS) is 21.4.